The Morgan fingerprint density at radius 1 is 0.714 bits per heavy atom. The zero-order valence-electron chi connectivity index (χ0n) is 16.1. The number of carboxylic acids is 2. The van der Waals surface area contributed by atoms with Crippen molar-refractivity contribution in [2.45, 2.75) is 12.8 Å². The summed E-state index contributed by atoms with van der Waals surface area (Å²) in [7, 11) is 0. The summed E-state index contributed by atoms with van der Waals surface area (Å²) in [6.07, 6.45) is -0.487. The van der Waals surface area contributed by atoms with Crippen LogP contribution in [0.1, 0.15) is 11.1 Å². The normalized spacial score (nSPS) is 8.50. The summed E-state index contributed by atoms with van der Waals surface area (Å²) >= 11 is 0. The molecule has 0 atom stereocenters. The minimum atomic E-state index is -1.19. The fraction of sp³-hybridized carbons (Fsp3) is 0.222. The van der Waals surface area contributed by atoms with Gasteiger partial charge < -0.3 is 41.5 Å². The number of phenolic OH excluding ortho intramolecular Hbond substituents is 2. The van der Waals surface area contributed by atoms with Crippen molar-refractivity contribution in [1.29, 1.82) is 0 Å². The summed E-state index contributed by atoms with van der Waals surface area (Å²) in [4.78, 5) is 20.2. The predicted octanol–water partition coefficient (Wildman–Crippen LogP) is -7.72. The number of rotatable bonds is 5. The maximum absolute atomic E-state index is 10.1. The number of carbonyl (C=O) groups excluding carboxylic acids is 2. The summed E-state index contributed by atoms with van der Waals surface area (Å²) in [5.41, 5.74) is 10.6. The number of para-hydroxylation sites is 2. The summed E-state index contributed by atoms with van der Waals surface area (Å²) in [6, 6.07) is 12.6. The van der Waals surface area contributed by atoms with E-state index in [4.69, 9.17) is 21.7 Å². The van der Waals surface area contributed by atoms with Crippen LogP contribution in [0.5, 0.6) is 11.5 Å². The van der Waals surface area contributed by atoms with E-state index < -0.39 is 11.9 Å². The third kappa shape index (κ3) is 15.9. The number of aliphatic carboxylic acids is 2. The molecule has 0 radical (unpaired) electrons. The zero-order chi connectivity index (χ0) is 19.9. The molecule has 0 saturated heterocycles. The van der Waals surface area contributed by atoms with Gasteiger partial charge in [0.1, 0.15) is 11.5 Å². The van der Waals surface area contributed by atoms with Crippen LogP contribution in [0.2, 0.25) is 0 Å². The number of nitrogens with two attached hydrogens (primary N) is 2. The first-order valence-corrected chi connectivity index (χ1v) is 7.65. The Kier molecular flexibility index (Phi) is 21.7. The SMILES string of the molecule is NCCN.O=C([O-])Cc1ccccc1O.O=C([O-])Cc1ccccc1O.[Na+].[Na+]. The number of hydrogen-bond acceptors (Lipinski definition) is 8. The van der Waals surface area contributed by atoms with Crippen LogP contribution < -0.4 is 80.8 Å². The number of hydrogen-bond donors (Lipinski definition) is 4. The first-order valence-electron chi connectivity index (χ1n) is 7.65. The molecule has 0 unspecified atom stereocenters. The monoisotopic (exact) mass is 408 g/mol. The molecule has 0 aromatic heterocycles. The predicted molar refractivity (Wildman–Crippen MR) is 91.7 cm³/mol. The maximum Gasteiger partial charge on any atom is 1.00 e. The Morgan fingerprint density at radius 3 is 1.21 bits per heavy atom. The van der Waals surface area contributed by atoms with Crippen LogP contribution in [0, 0.1) is 0 Å². The van der Waals surface area contributed by atoms with Crippen LogP contribution in [0.3, 0.4) is 0 Å². The molecule has 0 saturated carbocycles. The minimum Gasteiger partial charge on any atom is -0.550 e. The van der Waals surface area contributed by atoms with Gasteiger partial charge in [-0.05, 0) is 23.3 Å². The second kappa shape index (κ2) is 19.2. The van der Waals surface area contributed by atoms with Gasteiger partial charge in [-0.2, -0.15) is 0 Å². The molecular weight excluding hydrogens is 386 g/mol. The fourth-order valence-electron chi connectivity index (χ4n) is 1.63. The van der Waals surface area contributed by atoms with Gasteiger partial charge in [-0.1, -0.05) is 36.4 Å². The van der Waals surface area contributed by atoms with E-state index in [1.807, 2.05) is 0 Å². The standard InChI is InChI=1S/2C8H8O3.C2H8N2.2Na/c2*9-7-4-2-1-3-6(7)5-8(10)11;3-1-2-4;;/h2*1-4,9H,5H2,(H,10,11);1-4H2;;/q;;;2*+1/p-2. The molecular formula is C18H22N2Na2O6. The van der Waals surface area contributed by atoms with Crippen LogP contribution in [0.25, 0.3) is 0 Å². The van der Waals surface area contributed by atoms with Crippen molar-refractivity contribution in [2.75, 3.05) is 13.1 Å². The molecule has 2 aromatic rings. The molecule has 0 bridgehead atoms. The average Bonchev–Trinajstić information content (AvgIpc) is 2.59. The van der Waals surface area contributed by atoms with Gasteiger partial charge in [0.2, 0.25) is 0 Å². The van der Waals surface area contributed by atoms with Crippen LogP contribution >= 0.6 is 0 Å². The topological polar surface area (TPSA) is 173 Å². The van der Waals surface area contributed by atoms with E-state index in [-0.39, 0.29) is 83.5 Å². The van der Waals surface area contributed by atoms with Crippen LogP contribution in [-0.4, -0.2) is 35.2 Å². The number of carboxylic acid groups (broad SMARTS) is 2. The first kappa shape index (κ1) is 31.6. The van der Waals surface area contributed by atoms with Gasteiger partial charge in [0.15, 0.2) is 0 Å². The molecule has 2 aromatic carbocycles. The van der Waals surface area contributed by atoms with E-state index in [9.17, 15) is 19.8 Å². The van der Waals surface area contributed by atoms with E-state index in [0.29, 0.717) is 24.2 Å². The van der Waals surface area contributed by atoms with Crippen molar-refractivity contribution < 1.29 is 89.1 Å². The molecule has 0 aliphatic rings. The minimum absolute atomic E-state index is 0. The molecule has 0 heterocycles. The summed E-state index contributed by atoms with van der Waals surface area (Å²) in [5.74, 6) is -2.38. The molecule has 10 heteroatoms. The molecule has 8 nitrogen and oxygen atoms in total. The molecule has 0 spiro atoms. The first-order chi connectivity index (χ1) is 12.3. The molecule has 0 aliphatic heterocycles. The molecule has 28 heavy (non-hydrogen) atoms. The second-order valence-electron chi connectivity index (χ2n) is 4.93. The quantitative estimate of drug-likeness (QED) is 0.353. The van der Waals surface area contributed by atoms with E-state index >= 15 is 0 Å². The van der Waals surface area contributed by atoms with Crippen LogP contribution in [-0.2, 0) is 22.4 Å². The number of benzene rings is 2. The van der Waals surface area contributed by atoms with Crippen molar-refractivity contribution in [3.8, 4) is 11.5 Å². The van der Waals surface area contributed by atoms with Gasteiger partial charge in [0.05, 0.1) is 0 Å². The maximum atomic E-state index is 10.1. The second-order valence-corrected chi connectivity index (χ2v) is 4.93. The van der Waals surface area contributed by atoms with Crippen molar-refractivity contribution in [2.24, 2.45) is 11.5 Å². The molecule has 0 amide bonds. The number of aromatic hydroxyl groups is 2. The van der Waals surface area contributed by atoms with E-state index in [1.165, 1.54) is 12.1 Å². The van der Waals surface area contributed by atoms with Crippen LogP contribution in [0.15, 0.2) is 48.5 Å². The third-order valence-electron chi connectivity index (χ3n) is 2.82. The van der Waals surface area contributed by atoms with E-state index in [1.54, 1.807) is 36.4 Å². The molecule has 142 valence electrons. The Labute approximate surface area is 208 Å². The van der Waals surface area contributed by atoms with Crippen molar-refractivity contribution in [1.82, 2.24) is 0 Å². The summed E-state index contributed by atoms with van der Waals surface area (Å²) in [5, 5.41) is 38.3. The Morgan fingerprint density at radius 2 is 1.00 bits per heavy atom. The van der Waals surface area contributed by atoms with Gasteiger partial charge in [-0.25, -0.2) is 0 Å². The van der Waals surface area contributed by atoms with E-state index in [2.05, 4.69) is 0 Å². The smallest absolute Gasteiger partial charge is 0.550 e. The molecule has 2 rings (SSSR count). The summed E-state index contributed by atoms with van der Waals surface area (Å²) < 4.78 is 0. The van der Waals surface area contributed by atoms with Crippen molar-refractivity contribution >= 4 is 11.9 Å². The fourth-order valence-corrected chi connectivity index (χ4v) is 1.63. The van der Waals surface area contributed by atoms with Gasteiger partial charge in [0, 0.05) is 37.9 Å². The van der Waals surface area contributed by atoms with Crippen molar-refractivity contribution in [3.05, 3.63) is 59.7 Å². The van der Waals surface area contributed by atoms with E-state index in [0.717, 1.165) is 0 Å². The summed E-state index contributed by atoms with van der Waals surface area (Å²) in [6.45, 7) is 1.19. The zero-order valence-corrected chi connectivity index (χ0v) is 20.1. The third-order valence-corrected chi connectivity index (χ3v) is 2.82. The number of carbonyl (C=O) groups is 2. The number of phenols is 2. The van der Waals surface area contributed by atoms with Crippen molar-refractivity contribution in [3.63, 3.8) is 0 Å². The van der Waals surface area contributed by atoms with Gasteiger partial charge in [0.25, 0.3) is 0 Å². The van der Waals surface area contributed by atoms with Gasteiger partial charge in [-0.3, -0.25) is 0 Å². The molecule has 0 fully saturated rings. The Balaban J connectivity index is -0.000000355. The Hall–Kier alpha value is -1.10. The van der Waals surface area contributed by atoms with Gasteiger partial charge in [-0.15, -0.1) is 0 Å². The van der Waals surface area contributed by atoms with Crippen LogP contribution in [0.4, 0.5) is 0 Å². The Bertz CT molecular complexity index is 642. The van der Waals surface area contributed by atoms with Gasteiger partial charge >= 0.3 is 59.1 Å². The largest absolute Gasteiger partial charge is 1.00 e. The average molecular weight is 408 g/mol. The molecule has 0 aliphatic carbocycles. The molecule has 6 N–H and O–H groups in total.